The molecule has 0 aliphatic rings. The highest BCUT2D eigenvalue weighted by Gasteiger charge is 2.23. The molecule has 3 rings (SSSR count). The van der Waals surface area contributed by atoms with Crippen LogP contribution in [0, 0.1) is 12.7 Å². The van der Waals surface area contributed by atoms with Crippen LogP contribution in [0.5, 0.6) is 0 Å². The molecule has 0 spiro atoms. The zero-order chi connectivity index (χ0) is 21.3. The molecule has 29 heavy (non-hydrogen) atoms. The summed E-state index contributed by atoms with van der Waals surface area (Å²) < 4.78 is 40.9. The lowest BCUT2D eigenvalue weighted by molar-refractivity contribution is 0.103. The fourth-order valence-corrected chi connectivity index (χ4v) is 5.89. The minimum atomic E-state index is -3.66. The molecule has 9 heteroatoms. The van der Waals surface area contributed by atoms with E-state index in [2.05, 4.69) is 5.32 Å². The summed E-state index contributed by atoms with van der Waals surface area (Å²) in [5.41, 5.74) is 1.09. The van der Waals surface area contributed by atoms with Crippen molar-refractivity contribution < 1.29 is 17.6 Å². The van der Waals surface area contributed by atoms with Crippen LogP contribution >= 0.6 is 22.9 Å². The van der Waals surface area contributed by atoms with Gasteiger partial charge in [-0.2, -0.15) is 4.31 Å². The van der Waals surface area contributed by atoms with Crippen LogP contribution in [0.4, 0.5) is 10.1 Å². The number of hydrogen-bond donors (Lipinski definition) is 1. The molecule has 3 aromatic rings. The van der Waals surface area contributed by atoms with Crippen molar-refractivity contribution in [3.63, 3.8) is 0 Å². The second kappa shape index (κ2) is 8.39. The van der Waals surface area contributed by atoms with Crippen LogP contribution in [0.25, 0.3) is 10.1 Å². The third-order valence-corrected chi connectivity index (χ3v) is 8.30. The zero-order valence-electron chi connectivity index (χ0n) is 16.1. The van der Waals surface area contributed by atoms with Crippen molar-refractivity contribution in [3.05, 3.63) is 57.7 Å². The number of thiophene rings is 1. The maximum atomic E-state index is 13.5. The van der Waals surface area contributed by atoms with Crippen LogP contribution in [0.3, 0.4) is 0 Å². The van der Waals surface area contributed by atoms with Crippen molar-refractivity contribution >= 4 is 54.6 Å². The maximum Gasteiger partial charge on any atom is 0.267 e. The number of amides is 1. The van der Waals surface area contributed by atoms with Gasteiger partial charge in [0.15, 0.2) is 0 Å². The second-order valence-electron chi connectivity index (χ2n) is 6.41. The van der Waals surface area contributed by atoms with Crippen molar-refractivity contribution in [2.45, 2.75) is 25.7 Å². The topological polar surface area (TPSA) is 66.5 Å². The van der Waals surface area contributed by atoms with Crippen molar-refractivity contribution in [1.29, 1.82) is 0 Å². The van der Waals surface area contributed by atoms with Gasteiger partial charge in [0.2, 0.25) is 10.0 Å². The number of anilines is 1. The van der Waals surface area contributed by atoms with Crippen molar-refractivity contribution in [2.75, 3.05) is 18.4 Å². The molecule has 0 aliphatic carbocycles. The molecule has 154 valence electrons. The summed E-state index contributed by atoms with van der Waals surface area (Å²) in [6, 6.07) is 8.76. The Hall–Kier alpha value is -2.00. The van der Waals surface area contributed by atoms with Crippen LogP contribution in [0.2, 0.25) is 5.02 Å². The molecule has 1 amide bonds. The first-order valence-electron chi connectivity index (χ1n) is 8.98. The number of rotatable bonds is 6. The van der Waals surface area contributed by atoms with Crippen molar-refractivity contribution in [1.82, 2.24) is 4.31 Å². The largest absolute Gasteiger partial charge is 0.321 e. The van der Waals surface area contributed by atoms with Gasteiger partial charge in [0.1, 0.15) is 10.7 Å². The lowest BCUT2D eigenvalue weighted by Gasteiger charge is -2.19. The Labute approximate surface area is 178 Å². The fraction of sp³-hybridized carbons (Fsp3) is 0.250. The normalized spacial score (nSPS) is 11.9. The third-order valence-electron chi connectivity index (χ3n) is 4.60. The number of halogens is 2. The standard InChI is InChI=1S/C20H20ClFN2O3S2/c1-4-24(5-2)29(26,27)14-8-6-12(3)16(11-14)23-20(25)19-18(21)15-9-7-13(22)10-17(15)28-19/h6-11H,4-5H2,1-3H3,(H,23,25). The average Bonchev–Trinajstić information content (AvgIpc) is 3.00. The molecule has 0 fully saturated rings. The van der Waals surface area contributed by atoms with E-state index >= 15 is 0 Å². The summed E-state index contributed by atoms with van der Waals surface area (Å²) in [4.78, 5) is 13.2. The Morgan fingerprint density at radius 1 is 1.17 bits per heavy atom. The Kier molecular flexibility index (Phi) is 6.28. The first kappa shape index (κ1) is 21.7. The van der Waals surface area contributed by atoms with E-state index in [9.17, 15) is 17.6 Å². The molecule has 1 N–H and O–H groups in total. The molecule has 1 aromatic heterocycles. The van der Waals surface area contributed by atoms with Crippen molar-refractivity contribution in [2.24, 2.45) is 0 Å². The number of nitrogens with zero attached hydrogens (tertiary/aromatic N) is 1. The Balaban J connectivity index is 1.96. The first-order chi connectivity index (χ1) is 13.7. The number of hydrogen-bond acceptors (Lipinski definition) is 4. The minimum Gasteiger partial charge on any atom is -0.321 e. The molecule has 2 aromatic carbocycles. The number of fused-ring (bicyclic) bond motifs is 1. The van der Waals surface area contributed by atoms with Gasteiger partial charge in [-0.05, 0) is 42.8 Å². The van der Waals surface area contributed by atoms with E-state index < -0.39 is 21.7 Å². The quantitative estimate of drug-likeness (QED) is 0.550. The lowest BCUT2D eigenvalue weighted by atomic mass is 10.2. The second-order valence-corrected chi connectivity index (χ2v) is 9.77. The number of carbonyl (C=O) groups excluding carboxylic acids is 1. The van der Waals surface area contributed by atoms with E-state index in [4.69, 9.17) is 11.6 Å². The molecule has 5 nitrogen and oxygen atoms in total. The van der Waals surface area contributed by atoms with E-state index in [1.807, 2.05) is 0 Å². The Morgan fingerprint density at radius 3 is 2.52 bits per heavy atom. The Morgan fingerprint density at radius 2 is 1.86 bits per heavy atom. The summed E-state index contributed by atoms with van der Waals surface area (Å²) in [5.74, 6) is -0.885. The smallest absolute Gasteiger partial charge is 0.267 e. The molecule has 0 radical (unpaired) electrons. The number of carbonyl (C=O) groups is 1. The monoisotopic (exact) mass is 454 g/mol. The van der Waals surface area contributed by atoms with E-state index in [-0.39, 0.29) is 14.8 Å². The van der Waals surface area contributed by atoms with Gasteiger partial charge in [-0.1, -0.05) is 31.5 Å². The Bertz CT molecular complexity index is 1190. The summed E-state index contributed by atoms with van der Waals surface area (Å²) in [6.07, 6.45) is 0. The van der Waals surface area contributed by atoms with Gasteiger partial charge in [0.25, 0.3) is 5.91 Å². The van der Waals surface area contributed by atoms with E-state index in [1.54, 1.807) is 26.8 Å². The van der Waals surface area contributed by atoms with Gasteiger partial charge < -0.3 is 5.32 Å². The lowest BCUT2D eigenvalue weighted by Crippen LogP contribution is -2.30. The summed E-state index contributed by atoms with van der Waals surface area (Å²) in [6.45, 7) is 6.00. The van der Waals surface area contributed by atoms with Gasteiger partial charge in [0, 0.05) is 28.9 Å². The summed E-state index contributed by atoms with van der Waals surface area (Å²) in [7, 11) is -3.66. The SMILES string of the molecule is CCN(CC)S(=O)(=O)c1ccc(C)c(NC(=O)c2sc3cc(F)ccc3c2Cl)c1. The molecule has 0 saturated carbocycles. The van der Waals surface area contributed by atoms with Gasteiger partial charge in [-0.15, -0.1) is 11.3 Å². The summed E-state index contributed by atoms with van der Waals surface area (Å²) in [5, 5.41) is 3.58. The zero-order valence-corrected chi connectivity index (χ0v) is 18.5. The van der Waals surface area contributed by atoms with Crippen LogP contribution < -0.4 is 5.32 Å². The molecular formula is C20H20ClFN2O3S2. The van der Waals surface area contributed by atoms with Gasteiger partial charge in [-0.25, -0.2) is 12.8 Å². The molecule has 0 atom stereocenters. The minimum absolute atomic E-state index is 0.103. The molecule has 0 bridgehead atoms. The number of aryl methyl sites for hydroxylation is 1. The molecule has 0 saturated heterocycles. The predicted molar refractivity (Wildman–Crippen MR) is 116 cm³/mol. The van der Waals surface area contributed by atoms with Gasteiger partial charge in [-0.3, -0.25) is 4.79 Å². The number of sulfonamides is 1. The molecule has 0 unspecified atom stereocenters. The third kappa shape index (κ3) is 4.16. The highest BCUT2D eigenvalue weighted by atomic mass is 35.5. The van der Waals surface area contributed by atoms with Gasteiger partial charge in [0.05, 0.1) is 9.92 Å². The average molecular weight is 455 g/mol. The number of nitrogens with one attached hydrogen (secondary N) is 1. The highest BCUT2D eigenvalue weighted by Crippen LogP contribution is 2.36. The maximum absolute atomic E-state index is 13.5. The molecular weight excluding hydrogens is 435 g/mol. The fourth-order valence-electron chi connectivity index (χ4n) is 2.97. The van der Waals surface area contributed by atoms with Crippen LogP contribution in [-0.2, 0) is 10.0 Å². The summed E-state index contributed by atoms with van der Waals surface area (Å²) >= 11 is 7.40. The highest BCUT2D eigenvalue weighted by molar-refractivity contribution is 7.89. The van der Waals surface area contributed by atoms with Crippen molar-refractivity contribution in [3.8, 4) is 0 Å². The molecule has 0 aliphatic heterocycles. The first-order valence-corrected chi connectivity index (χ1v) is 11.6. The predicted octanol–water partition coefficient (Wildman–Crippen LogP) is 5.29. The van der Waals surface area contributed by atoms with Crippen LogP contribution in [-0.4, -0.2) is 31.7 Å². The van der Waals surface area contributed by atoms with Crippen LogP contribution in [0.15, 0.2) is 41.3 Å². The number of benzene rings is 2. The van der Waals surface area contributed by atoms with E-state index in [0.717, 1.165) is 11.3 Å². The van der Waals surface area contributed by atoms with Gasteiger partial charge >= 0.3 is 0 Å². The van der Waals surface area contributed by atoms with E-state index in [0.29, 0.717) is 34.4 Å². The molecule has 1 heterocycles. The van der Waals surface area contributed by atoms with Crippen LogP contribution in [0.1, 0.15) is 29.1 Å². The van der Waals surface area contributed by atoms with E-state index in [1.165, 1.54) is 34.6 Å².